The zero-order valence-electron chi connectivity index (χ0n) is 11.4. The van der Waals surface area contributed by atoms with E-state index in [0.29, 0.717) is 31.1 Å². The van der Waals surface area contributed by atoms with Crippen LogP contribution in [0.25, 0.3) is 0 Å². The monoisotopic (exact) mass is 278 g/mol. The number of hydrogen-bond acceptors (Lipinski definition) is 3. The number of fused-ring (bicyclic) bond motifs is 1. The standard InChI is InChI=1S/C15H19FN2O2/c16-15-12-5-6-17-7-11(12)3-4-13(15)18-14(19)9-20-8-10-1-2-10/h3-4,10,17H,1-2,5-9H2,(H,18,19). The third kappa shape index (κ3) is 3.16. The summed E-state index contributed by atoms with van der Waals surface area (Å²) in [6, 6.07) is 3.49. The van der Waals surface area contributed by atoms with Crippen LogP contribution in [0.2, 0.25) is 0 Å². The molecule has 4 nitrogen and oxygen atoms in total. The molecule has 5 heteroatoms. The summed E-state index contributed by atoms with van der Waals surface area (Å²) in [5.41, 5.74) is 1.93. The summed E-state index contributed by atoms with van der Waals surface area (Å²) in [7, 11) is 0. The molecule has 0 saturated heterocycles. The quantitative estimate of drug-likeness (QED) is 0.864. The molecule has 1 amide bonds. The Labute approximate surface area is 117 Å². The van der Waals surface area contributed by atoms with Gasteiger partial charge >= 0.3 is 0 Å². The summed E-state index contributed by atoms with van der Waals surface area (Å²) < 4.78 is 19.6. The van der Waals surface area contributed by atoms with Crippen LogP contribution in [0.1, 0.15) is 24.0 Å². The SMILES string of the molecule is O=C(COCC1CC1)Nc1ccc2c(c1F)CCNC2. The van der Waals surface area contributed by atoms with Crippen molar-refractivity contribution in [2.45, 2.75) is 25.8 Å². The number of rotatable bonds is 5. The van der Waals surface area contributed by atoms with Crippen LogP contribution in [0.5, 0.6) is 0 Å². The normalized spacial score (nSPS) is 17.6. The molecule has 0 bridgehead atoms. The number of anilines is 1. The van der Waals surface area contributed by atoms with Gasteiger partial charge in [0.05, 0.1) is 12.3 Å². The lowest BCUT2D eigenvalue weighted by Crippen LogP contribution is -2.26. The fraction of sp³-hybridized carbons (Fsp3) is 0.533. The molecule has 20 heavy (non-hydrogen) atoms. The minimum atomic E-state index is -0.306. The van der Waals surface area contributed by atoms with Crippen molar-refractivity contribution >= 4 is 11.6 Å². The Morgan fingerprint density at radius 1 is 1.45 bits per heavy atom. The highest BCUT2D eigenvalue weighted by Crippen LogP contribution is 2.28. The number of ether oxygens (including phenoxy) is 1. The van der Waals surface area contributed by atoms with Gasteiger partial charge in [0.2, 0.25) is 5.91 Å². The molecule has 2 N–H and O–H groups in total. The van der Waals surface area contributed by atoms with E-state index in [1.165, 1.54) is 12.8 Å². The average molecular weight is 278 g/mol. The lowest BCUT2D eigenvalue weighted by molar-refractivity contribution is -0.120. The Kier molecular flexibility index (Phi) is 3.98. The van der Waals surface area contributed by atoms with Crippen LogP contribution >= 0.6 is 0 Å². The molecule has 3 rings (SSSR count). The van der Waals surface area contributed by atoms with E-state index in [-0.39, 0.29) is 24.0 Å². The molecule has 0 atom stereocenters. The zero-order chi connectivity index (χ0) is 13.9. The number of benzene rings is 1. The first kappa shape index (κ1) is 13.5. The molecule has 108 valence electrons. The minimum Gasteiger partial charge on any atom is -0.371 e. The van der Waals surface area contributed by atoms with Gasteiger partial charge in [-0.15, -0.1) is 0 Å². The fourth-order valence-electron chi connectivity index (χ4n) is 2.42. The predicted octanol–water partition coefficient (Wildman–Crippen LogP) is 1.84. The lowest BCUT2D eigenvalue weighted by Gasteiger charge is -2.19. The van der Waals surface area contributed by atoms with E-state index < -0.39 is 0 Å². The van der Waals surface area contributed by atoms with Crippen LogP contribution in [0, 0.1) is 11.7 Å². The first-order valence-electron chi connectivity index (χ1n) is 7.12. The molecule has 0 aromatic heterocycles. The summed E-state index contributed by atoms with van der Waals surface area (Å²) in [5.74, 6) is 0.0220. The molecular formula is C15H19FN2O2. The molecule has 0 radical (unpaired) electrons. The first-order valence-corrected chi connectivity index (χ1v) is 7.12. The van der Waals surface area contributed by atoms with Crippen molar-refractivity contribution in [2.75, 3.05) is 25.1 Å². The van der Waals surface area contributed by atoms with Gasteiger partial charge in [-0.1, -0.05) is 6.07 Å². The number of nitrogens with one attached hydrogen (secondary N) is 2. The van der Waals surface area contributed by atoms with Crippen molar-refractivity contribution in [1.29, 1.82) is 0 Å². The van der Waals surface area contributed by atoms with Crippen LogP contribution in [0.15, 0.2) is 12.1 Å². The van der Waals surface area contributed by atoms with Gasteiger partial charge < -0.3 is 15.4 Å². The molecule has 1 aliphatic heterocycles. The molecule has 1 fully saturated rings. The molecule has 1 saturated carbocycles. The van der Waals surface area contributed by atoms with Gasteiger partial charge in [-0.05, 0) is 48.9 Å². The lowest BCUT2D eigenvalue weighted by atomic mass is 9.99. The maximum atomic E-state index is 14.3. The summed E-state index contributed by atoms with van der Waals surface area (Å²) in [6.07, 6.45) is 3.03. The summed E-state index contributed by atoms with van der Waals surface area (Å²) in [5, 5.41) is 5.79. The largest absolute Gasteiger partial charge is 0.371 e. The van der Waals surface area contributed by atoms with E-state index in [1.54, 1.807) is 6.07 Å². The number of hydrogen-bond donors (Lipinski definition) is 2. The molecule has 0 unspecified atom stereocenters. The smallest absolute Gasteiger partial charge is 0.250 e. The molecular weight excluding hydrogens is 259 g/mol. The summed E-state index contributed by atoms with van der Waals surface area (Å²) in [6.45, 7) is 2.08. The van der Waals surface area contributed by atoms with Gasteiger partial charge in [0.25, 0.3) is 0 Å². The second kappa shape index (κ2) is 5.89. The Hall–Kier alpha value is -1.46. The molecule has 1 aliphatic carbocycles. The van der Waals surface area contributed by atoms with Crippen LogP contribution in [0.3, 0.4) is 0 Å². The van der Waals surface area contributed by atoms with E-state index in [0.717, 1.165) is 12.1 Å². The number of halogens is 1. The van der Waals surface area contributed by atoms with Gasteiger partial charge in [0.1, 0.15) is 12.4 Å². The van der Waals surface area contributed by atoms with E-state index in [2.05, 4.69) is 10.6 Å². The van der Waals surface area contributed by atoms with Crippen molar-refractivity contribution < 1.29 is 13.9 Å². The van der Waals surface area contributed by atoms with E-state index in [4.69, 9.17) is 4.74 Å². The maximum Gasteiger partial charge on any atom is 0.250 e. The van der Waals surface area contributed by atoms with Crippen LogP contribution in [-0.4, -0.2) is 25.7 Å². The second-order valence-electron chi connectivity index (χ2n) is 5.50. The Balaban J connectivity index is 1.59. The van der Waals surface area contributed by atoms with Gasteiger partial charge in [-0.3, -0.25) is 4.79 Å². The number of carbonyl (C=O) groups is 1. The molecule has 0 spiro atoms. The third-order valence-corrected chi connectivity index (χ3v) is 3.77. The molecule has 1 aromatic carbocycles. The fourth-order valence-corrected chi connectivity index (χ4v) is 2.42. The third-order valence-electron chi connectivity index (χ3n) is 3.77. The van der Waals surface area contributed by atoms with Crippen molar-refractivity contribution in [3.8, 4) is 0 Å². The first-order chi connectivity index (χ1) is 9.74. The Morgan fingerprint density at radius 2 is 2.30 bits per heavy atom. The predicted molar refractivity (Wildman–Crippen MR) is 74.0 cm³/mol. The Bertz CT molecular complexity index is 515. The van der Waals surface area contributed by atoms with E-state index >= 15 is 0 Å². The molecule has 2 aliphatic rings. The van der Waals surface area contributed by atoms with Gasteiger partial charge in [0.15, 0.2) is 0 Å². The molecule has 1 aromatic rings. The summed E-state index contributed by atoms with van der Waals surface area (Å²) >= 11 is 0. The van der Waals surface area contributed by atoms with Gasteiger partial charge in [-0.2, -0.15) is 0 Å². The van der Waals surface area contributed by atoms with Crippen LogP contribution in [0.4, 0.5) is 10.1 Å². The maximum absolute atomic E-state index is 14.3. The topological polar surface area (TPSA) is 50.4 Å². The van der Waals surface area contributed by atoms with Crippen molar-refractivity contribution in [2.24, 2.45) is 5.92 Å². The van der Waals surface area contributed by atoms with Gasteiger partial charge in [0, 0.05) is 6.54 Å². The summed E-state index contributed by atoms with van der Waals surface area (Å²) in [4.78, 5) is 11.7. The highest BCUT2D eigenvalue weighted by Gasteiger charge is 2.22. The Morgan fingerprint density at radius 3 is 3.10 bits per heavy atom. The van der Waals surface area contributed by atoms with Crippen molar-refractivity contribution in [3.05, 3.63) is 29.1 Å². The van der Waals surface area contributed by atoms with Crippen LogP contribution in [-0.2, 0) is 22.5 Å². The number of carbonyl (C=O) groups excluding carboxylic acids is 1. The highest BCUT2D eigenvalue weighted by molar-refractivity contribution is 5.92. The zero-order valence-corrected chi connectivity index (χ0v) is 11.4. The van der Waals surface area contributed by atoms with Crippen LogP contribution < -0.4 is 10.6 Å². The van der Waals surface area contributed by atoms with E-state index in [1.807, 2.05) is 6.07 Å². The average Bonchev–Trinajstić information content (AvgIpc) is 3.26. The highest BCUT2D eigenvalue weighted by atomic mass is 19.1. The molecule has 1 heterocycles. The van der Waals surface area contributed by atoms with Crippen molar-refractivity contribution in [3.63, 3.8) is 0 Å². The van der Waals surface area contributed by atoms with Gasteiger partial charge in [-0.25, -0.2) is 4.39 Å². The second-order valence-corrected chi connectivity index (χ2v) is 5.50. The number of amides is 1. The van der Waals surface area contributed by atoms with E-state index in [9.17, 15) is 9.18 Å². The van der Waals surface area contributed by atoms with Crippen molar-refractivity contribution in [1.82, 2.24) is 5.32 Å². The minimum absolute atomic E-state index is 0.00538.